The molecule has 0 aliphatic carbocycles. The molecule has 1 aromatic rings. The van der Waals surface area contributed by atoms with Crippen LogP contribution in [0.3, 0.4) is 0 Å². The molecule has 0 spiro atoms. The molecule has 0 bridgehead atoms. The van der Waals surface area contributed by atoms with Gasteiger partial charge in [0.15, 0.2) is 11.6 Å². The Hall–Kier alpha value is -1.46. The van der Waals surface area contributed by atoms with Crippen LogP contribution < -0.4 is 10.5 Å². The van der Waals surface area contributed by atoms with Crippen molar-refractivity contribution in [3.63, 3.8) is 0 Å². The molecule has 2 nitrogen and oxygen atoms in total. The van der Waals surface area contributed by atoms with Crippen molar-refractivity contribution in [3.8, 4) is 5.75 Å². The summed E-state index contributed by atoms with van der Waals surface area (Å²) in [6.07, 6.45) is -4.90. The van der Waals surface area contributed by atoms with E-state index in [1.54, 1.807) is 0 Å². The van der Waals surface area contributed by atoms with Crippen molar-refractivity contribution in [2.24, 2.45) is 0 Å². The summed E-state index contributed by atoms with van der Waals surface area (Å²) in [6, 6.07) is 1.99. The fourth-order valence-corrected chi connectivity index (χ4v) is 0.879. The maximum absolute atomic E-state index is 13.1. The largest absolute Gasteiger partial charge is 0.573 e. The Morgan fingerprint density at radius 1 is 1.29 bits per heavy atom. The maximum atomic E-state index is 13.1. The van der Waals surface area contributed by atoms with Crippen molar-refractivity contribution in [1.29, 1.82) is 0 Å². The summed E-state index contributed by atoms with van der Waals surface area (Å²) in [6.45, 7) is 1.27. The predicted octanol–water partition coefficient (Wildman–Crippen LogP) is 2.61. The van der Waals surface area contributed by atoms with E-state index in [-0.39, 0.29) is 11.3 Å². The number of hydrogen-bond donors (Lipinski definition) is 1. The normalized spacial score (nSPS) is 11.5. The zero-order valence-electron chi connectivity index (χ0n) is 7.15. The van der Waals surface area contributed by atoms with Crippen LogP contribution in [0.15, 0.2) is 12.1 Å². The van der Waals surface area contributed by atoms with Crippen LogP contribution in [0.2, 0.25) is 0 Å². The Morgan fingerprint density at radius 3 is 2.36 bits per heavy atom. The van der Waals surface area contributed by atoms with Crippen LogP contribution >= 0.6 is 0 Å². The van der Waals surface area contributed by atoms with Crippen molar-refractivity contribution < 1.29 is 22.3 Å². The van der Waals surface area contributed by atoms with Gasteiger partial charge in [-0.1, -0.05) is 0 Å². The quantitative estimate of drug-likeness (QED) is 0.570. The highest BCUT2D eigenvalue weighted by atomic mass is 19.4. The van der Waals surface area contributed by atoms with E-state index in [9.17, 15) is 17.6 Å². The first-order valence-corrected chi connectivity index (χ1v) is 3.61. The van der Waals surface area contributed by atoms with Crippen LogP contribution in [0.4, 0.5) is 23.2 Å². The molecule has 0 amide bonds. The Balaban J connectivity index is 3.06. The van der Waals surface area contributed by atoms with Gasteiger partial charge in [-0.3, -0.25) is 0 Å². The molecule has 1 rings (SSSR count). The summed E-state index contributed by atoms with van der Waals surface area (Å²) in [5, 5.41) is 0. The summed E-state index contributed by atoms with van der Waals surface area (Å²) < 4.78 is 51.7. The van der Waals surface area contributed by atoms with Gasteiger partial charge in [0.25, 0.3) is 0 Å². The molecule has 78 valence electrons. The van der Waals surface area contributed by atoms with Crippen LogP contribution in [0.5, 0.6) is 5.75 Å². The Labute approximate surface area is 77.3 Å². The number of hydrogen-bond acceptors (Lipinski definition) is 2. The van der Waals surface area contributed by atoms with Gasteiger partial charge in [-0.15, -0.1) is 13.2 Å². The van der Waals surface area contributed by atoms with Crippen LogP contribution in [0, 0.1) is 12.7 Å². The lowest BCUT2D eigenvalue weighted by molar-refractivity contribution is -0.275. The highest BCUT2D eigenvalue weighted by Gasteiger charge is 2.32. The average Bonchev–Trinajstić information content (AvgIpc) is 2.04. The molecule has 0 aliphatic rings. The topological polar surface area (TPSA) is 35.2 Å². The predicted molar refractivity (Wildman–Crippen MR) is 42.2 cm³/mol. The lowest BCUT2D eigenvalue weighted by atomic mass is 10.2. The molecule has 2 N–H and O–H groups in total. The highest BCUT2D eigenvalue weighted by Crippen LogP contribution is 2.29. The first kappa shape index (κ1) is 10.6. The highest BCUT2D eigenvalue weighted by molar-refractivity contribution is 5.50. The van der Waals surface area contributed by atoms with Gasteiger partial charge >= 0.3 is 6.36 Å². The first-order chi connectivity index (χ1) is 6.31. The van der Waals surface area contributed by atoms with Crippen molar-refractivity contribution in [3.05, 3.63) is 23.5 Å². The van der Waals surface area contributed by atoms with Gasteiger partial charge < -0.3 is 10.5 Å². The number of alkyl halides is 3. The van der Waals surface area contributed by atoms with Gasteiger partial charge in [0, 0.05) is 11.3 Å². The summed E-state index contributed by atoms with van der Waals surface area (Å²) in [5.41, 5.74) is 5.29. The van der Waals surface area contributed by atoms with E-state index >= 15 is 0 Å². The summed E-state index contributed by atoms with van der Waals surface area (Å²) >= 11 is 0. The van der Waals surface area contributed by atoms with E-state index in [1.165, 1.54) is 6.92 Å². The molecule has 0 aromatic heterocycles. The minimum Gasteiger partial charge on any atom is -0.403 e. The van der Waals surface area contributed by atoms with Gasteiger partial charge in [0.2, 0.25) is 0 Å². The molecule has 0 aliphatic heterocycles. The van der Waals surface area contributed by atoms with Crippen molar-refractivity contribution >= 4 is 5.69 Å². The maximum Gasteiger partial charge on any atom is 0.573 e. The summed E-state index contributed by atoms with van der Waals surface area (Å²) in [5.74, 6) is -1.97. The number of halogens is 4. The van der Waals surface area contributed by atoms with Crippen LogP contribution in [0.1, 0.15) is 5.56 Å². The van der Waals surface area contributed by atoms with Crippen molar-refractivity contribution in [2.45, 2.75) is 13.3 Å². The van der Waals surface area contributed by atoms with E-state index in [1.807, 2.05) is 0 Å². The first-order valence-electron chi connectivity index (χ1n) is 3.61. The second-order valence-electron chi connectivity index (χ2n) is 2.64. The van der Waals surface area contributed by atoms with E-state index in [0.717, 1.165) is 12.1 Å². The van der Waals surface area contributed by atoms with E-state index in [0.29, 0.717) is 0 Å². The average molecular weight is 209 g/mol. The lowest BCUT2D eigenvalue weighted by Crippen LogP contribution is -2.18. The molecule has 6 heteroatoms. The van der Waals surface area contributed by atoms with Crippen LogP contribution in [-0.2, 0) is 0 Å². The molecular formula is C8H7F4NO. The van der Waals surface area contributed by atoms with Crippen molar-refractivity contribution in [2.75, 3.05) is 5.73 Å². The van der Waals surface area contributed by atoms with Crippen molar-refractivity contribution in [1.82, 2.24) is 0 Å². The second kappa shape index (κ2) is 3.36. The molecule has 0 heterocycles. The van der Waals surface area contributed by atoms with E-state index in [2.05, 4.69) is 4.74 Å². The number of nitrogen functional groups attached to an aromatic ring is 1. The van der Waals surface area contributed by atoms with Crippen LogP contribution in [-0.4, -0.2) is 6.36 Å². The Kier molecular flexibility index (Phi) is 2.55. The van der Waals surface area contributed by atoms with Gasteiger partial charge in [-0.2, -0.15) is 0 Å². The minimum atomic E-state index is -4.90. The SMILES string of the molecule is Cc1c(N)ccc(OC(F)(F)F)c1F. The molecule has 0 radical (unpaired) electrons. The number of ether oxygens (including phenoxy) is 1. The molecular weight excluding hydrogens is 202 g/mol. The van der Waals surface area contributed by atoms with Gasteiger partial charge in [-0.05, 0) is 19.1 Å². The smallest absolute Gasteiger partial charge is 0.403 e. The molecule has 0 fully saturated rings. The Bertz CT molecular complexity index is 348. The van der Waals surface area contributed by atoms with Gasteiger partial charge in [0.05, 0.1) is 0 Å². The standard InChI is InChI=1S/C8H7F4NO/c1-4-5(13)2-3-6(7(4)9)14-8(10,11)12/h2-3H,13H2,1H3. The lowest BCUT2D eigenvalue weighted by Gasteiger charge is -2.11. The fraction of sp³-hybridized carbons (Fsp3) is 0.250. The second-order valence-corrected chi connectivity index (χ2v) is 2.64. The minimum absolute atomic E-state index is 0.0632. The van der Waals surface area contributed by atoms with E-state index < -0.39 is 17.9 Å². The number of benzene rings is 1. The molecule has 14 heavy (non-hydrogen) atoms. The third-order valence-corrected chi connectivity index (χ3v) is 1.62. The Morgan fingerprint density at radius 2 is 1.86 bits per heavy atom. The number of rotatable bonds is 1. The zero-order chi connectivity index (χ0) is 10.9. The van der Waals surface area contributed by atoms with Crippen LogP contribution in [0.25, 0.3) is 0 Å². The third-order valence-electron chi connectivity index (χ3n) is 1.62. The monoisotopic (exact) mass is 209 g/mol. The summed E-state index contributed by atoms with van der Waals surface area (Å²) in [4.78, 5) is 0. The molecule has 1 aromatic carbocycles. The van der Waals surface area contributed by atoms with Gasteiger partial charge in [-0.25, -0.2) is 4.39 Å². The van der Waals surface area contributed by atoms with Gasteiger partial charge in [0.1, 0.15) is 0 Å². The zero-order valence-corrected chi connectivity index (χ0v) is 7.15. The molecule has 0 saturated heterocycles. The fourth-order valence-electron chi connectivity index (χ4n) is 0.879. The van der Waals surface area contributed by atoms with E-state index in [4.69, 9.17) is 5.73 Å². The third kappa shape index (κ3) is 2.27. The number of anilines is 1. The summed E-state index contributed by atoms with van der Waals surface area (Å²) in [7, 11) is 0. The molecule has 0 saturated carbocycles. The number of nitrogens with two attached hydrogens (primary N) is 1. The molecule has 0 unspecified atom stereocenters. The molecule has 0 atom stereocenters.